The van der Waals surface area contributed by atoms with Gasteiger partial charge in [0.05, 0.1) is 18.8 Å². The maximum absolute atomic E-state index is 12.7. The van der Waals surface area contributed by atoms with Gasteiger partial charge in [-0.2, -0.15) is 0 Å². The molecule has 0 aliphatic heterocycles. The fourth-order valence-electron chi connectivity index (χ4n) is 2.64. The van der Waals surface area contributed by atoms with Crippen molar-refractivity contribution in [3.05, 3.63) is 30.1 Å². The molecule has 1 aliphatic rings. The summed E-state index contributed by atoms with van der Waals surface area (Å²) in [7, 11) is 0. The largest absolute Gasteiger partial charge is 0.389 e. The normalized spacial score (nSPS) is 24.4. The summed E-state index contributed by atoms with van der Waals surface area (Å²) < 4.78 is 18.5. The SMILES string of the molecule is CC1CCCC(OCC(O)CNc2ccc(F)cc2)C1. The second kappa shape index (κ2) is 7.60. The number of nitrogens with one attached hydrogen (secondary N) is 1. The zero-order valence-electron chi connectivity index (χ0n) is 12.0. The van der Waals surface area contributed by atoms with Crippen molar-refractivity contribution in [2.45, 2.75) is 44.8 Å². The maximum atomic E-state index is 12.7. The van der Waals surface area contributed by atoms with Crippen LogP contribution in [-0.4, -0.2) is 30.5 Å². The first kappa shape index (κ1) is 15.3. The van der Waals surface area contributed by atoms with Crippen LogP contribution >= 0.6 is 0 Å². The molecule has 0 bridgehead atoms. The van der Waals surface area contributed by atoms with Crippen molar-refractivity contribution in [2.75, 3.05) is 18.5 Å². The van der Waals surface area contributed by atoms with Crippen LogP contribution < -0.4 is 5.32 Å². The van der Waals surface area contributed by atoms with Gasteiger partial charge in [-0.3, -0.25) is 0 Å². The molecule has 112 valence electrons. The van der Waals surface area contributed by atoms with Crippen molar-refractivity contribution in [3.63, 3.8) is 0 Å². The summed E-state index contributed by atoms with van der Waals surface area (Å²) in [5, 5.41) is 13.0. The van der Waals surface area contributed by atoms with Gasteiger partial charge >= 0.3 is 0 Å². The molecule has 2 rings (SSSR count). The van der Waals surface area contributed by atoms with Crippen molar-refractivity contribution < 1.29 is 14.2 Å². The van der Waals surface area contributed by atoms with Gasteiger partial charge in [-0.1, -0.05) is 19.8 Å². The minimum absolute atomic E-state index is 0.258. The maximum Gasteiger partial charge on any atom is 0.123 e. The quantitative estimate of drug-likeness (QED) is 0.841. The monoisotopic (exact) mass is 281 g/mol. The molecule has 1 saturated carbocycles. The van der Waals surface area contributed by atoms with Crippen LogP contribution in [0.5, 0.6) is 0 Å². The second-order valence-electron chi connectivity index (χ2n) is 5.77. The van der Waals surface area contributed by atoms with Gasteiger partial charge in [0.1, 0.15) is 5.82 Å². The van der Waals surface area contributed by atoms with Crippen LogP contribution in [0.3, 0.4) is 0 Å². The number of ether oxygens (including phenoxy) is 1. The molecule has 3 unspecified atom stereocenters. The standard InChI is InChI=1S/C16H24FNO2/c1-12-3-2-4-16(9-12)20-11-15(19)10-18-14-7-5-13(17)6-8-14/h5-8,12,15-16,18-19H,2-4,9-11H2,1H3. The average Bonchev–Trinajstić information content (AvgIpc) is 2.45. The van der Waals surface area contributed by atoms with Crippen molar-refractivity contribution in [3.8, 4) is 0 Å². The summed E-state index contributed by atoms with van der Waals surface area (Å²) >= 11 is 0. The van der Waals surface area contributed by atoms with E-state index < -0.39 is 6.10 Å². The summed E-state index contributed by atoms with van der Waals surface area (Å²) in [6.07, 6.45) is 4.45. The molecule has 0 spiro atoms. The van der Waals surface area contributed by atoms with E-state index in [-0.39, 0.29) is 5.82 Å². The predicted molar refractivity (Wildman–Crippen MR) is 78.3 cm³/mol. The molecule has 0 saturated heterocycles. The minimum atomic E-state index is -0.544. The van der Waals surface area contributed by atoms with Gasteiger partial charge in [0.25, 0.3) is 0 Å². The fourth-order valence-corrected chi connectivity index (χ4v) is 2.64. The molecule has 1 aromatic rings. The van der Waals surface area contributed by atoms with Crippen molar-refractivity contribution in [1.82, 2.24) is 0 Å². The number of aliphatic hydroxyl groups is 1. The Morgan fingerprint density at radius 3 is 2.80 bits per heavy atom. The fraction of sp³-hybridized carbons (Fsp3) is 0.625. The number of hydrogen-bond acceptors (Lipinski definition) is 3. The van der Waals surface area contributed by atoms with E-state index in [9.17, 15) is 9.50 Å². The third-order valence-electron chi connectivity index (χ3n) is 3.80. The smallest absolute Gasteiger partial charge is 0.123 e. The zero-order valence-corrected chi connectivity index (χ0v) is 12.0. The highest BCUT2D eigenvalue weighted by Gasteiger charge is 2.20. The number of rotatable bonds is 6. The van der Waals surface area contributed by atoms with E-state index in [1.165, 1.54) is 25.0 Å². The van der Waals surface area contributed by atoms with Gasteiger partial charge in [-0.05, 0) is 43.0 Å². The minimum Gasteiger partial charge on any atom is -0.389 e. The molecule has 4 heteroatoms. The molecule has 0 heterocycles. The van der Waals surface area contributed by atoms with Crippen LogP contribution in [0.25, 0.3) is 0 Å². The summed E-state index contributed by atoms with van der Waals surface area (Å²) in [6, 6.07) is 6.11. The average molecular weight is 281 g/mol. The molecule has 0 aromatic heterocycles. The number of halogens is 1. The molecule has 1 aliphatic carbocycles. The molecule has 3 atom stereocenters. The van der Waals surface area contributed by atoms with Crippen LogP contribution in [0.4, 0.5) is 10.1 Å². The van der Waals surface area contributed by atoms with E-state index in [1.807, 2.05) is 0 Å². The topological polar surface area (TPSA) is 41.5 Å². The number of aliphatic hydroxyl groups excluding tert-OH is 1. The Morgan fingerprint density at radius 2 is 2.10 bits per heavy atom. The van der Waals surface area contributed by atoms with Gasteiger partial charge in [-0.15, -0.1) is 0 Å². The number of anilines is 1. The highest BCUT2D eigenvalue weighted by Crippen LogP contribution is 2.25. The third-order valence-corrected chi connectivity index (χ3v) is 3.80. The van der Waals surface area contributed by atoms with Gasteiger partial charge < -0.3 is 15.2 Å². The van der Waals surface area contributed by atoms with Gasteiger partial charge in [-0.25, -0.2) is 4.39 Å². The third kappa shape index (κ3) is 5.10. The van der Waals surface area contributed by atoms with Crippen LogP contribution in [0, 0.1) is 11.7 Å². The van der Waals surface area contributed by atoms with E-state index in [0.717, 1.165) is 24.4 Å². The van der Waals surface area contributed by atoms with E-state index in [2.05, 4.69) is 12.2 Å². The highest BCUT2D eigenvalue weighted by atomic mass is 19.1. The first-order valence-electron chi connectivity index (χ1n) is 7.42. The lowest BCUT2D eigenvalue weighted by Gasteiger charge is -2.27. The molecule has 1 fully saturated rings. The first-order chi connectivity index (χ1) is 9.63. The Morgan fingerprint density at radius 1 is 1.35 bits per heavy atom. The van der Waals surface area contributed by atoms with Gasteiger partial charge in [0, 0.05) is 12.2 Å². The highest BCUT2D eigenvalue weighted by molar-refractivity contribution is 5.42. The molecule has 0 radical (unpaired) electrons. The van der Waals surface area contributed by atoms with Crippen LogP contribution in [0.15, 0.2) is 24.3 Å². The molecule has 3 nitrogen and oxygen atoms in total. The van der Waals surface area contributed by atoms with Crippen molar-refractivity contribution in [1.29, 1.82) is 0 Å². The number of hydrogen-bond donors (Lipinski definition) is 2. The molecule has 20 heavy (non-hydrogen) atoms. The molecule has 0 amide bonds. The molecule has 2 N–H and O–H groups in total. The van der Waals surface area contributed by atoms with Crippen LogP contribution in [0.1, 0.15) is 32.6 Å². The van der Waals surface area contributed by atoms with E-state index in [1.54, 1.807) is 12.1 Å². The lowest BCUT2D eigenvalue weighted by atomic mass is 9.89. The van der Waals surface area contributed by atoms with E-state index in [0.29, 0.717) is 19.3 Å². The Labute approximate surface area is 120 Å². The second-order valence-corrected chi connectivity index (χ2v) is 5.77. The van der Waals surface area contributed by atoms with Gasteiger partial charge in [0.2, 0.25) is 0 Å². The lowest BCUT2D eigenvalue weighted by molar-refractivity contribution is -0.0274. The Kier molecular flexibility index (Phi) is 5.80. The predicted octanol–water partition coefficient (Wildman–Crippen LogP) is 3.19. The Bertz CT molecular complexity index is 396. The van der Waals surface area contributed by atoms with E-state index >= 15 is 0 Å². The van der Waals surface area contributed by atoms with Crippen molar-refractivity contribution in [2.24, 2.45) is 5.92 Å². The van der Waals surface area contributed by atoms with Crippen LogP contribution in [-0.2, 0) is 4.74 Å². The van der Waals surface area contributed by atoms with Crippen molar-refractivity contribution >= 4 is 5.69 Å². The lowest BCUT2D eigenvalue weighted by Crippen LogP contribution is -2.30. The summed E-state index contributed by atoms with van der Waals surface area (Å²) in [6.45, 7) is 3.02. The molecular weight excluding hydrogens is 257 g/mol. The Balaban J connectivity index is 1.65. The van der Waals surface area contributed by atoms with Crippen LogP contribution in [0.2, 0.25) is 0 Å². The first-order valence-corrected chi connectivity index (χ1v) is 7.42. The summed E-state index contributed by atoms with van der Waals surface area (Å²) in [5.41, 5.74) is 0.803. The van der Waals surface area contributed by atoms with Gasteiger partial charge in [0.15, 0.2) is 0 Å². The molecular formula is C16H24FNO2. The number of benzene rings is 1. The summed E-state index contributed by atoms with van der Waals surface area (Å²) in [4.78, 5) is 0. The summed E-state index contributed by atoms with van der Waals surface area (Å²) in [5.74, 6) is 0.467. The van der Waals surface area contributed by atoms with E-state index in [4.69, 9.17) is 4.74 Å². The Hall–Kier alpha value is -1.13. The zero-order chi connectivity index (χ0) is 14.4. The molecule has 1 aromatic carbocycles.